The Morgan fingerprint density at radius 1 is 1.50 bits per heavy atom. The number of carboxylic acid groups (broad SMARTS) is 1. The van der Waals surface area contributed by atoms with Gasteiger partial charge in [-0.05, 0) is 37.8 Å². The number of carboxylic acids is 1. The molecule has 1 saturated carbocycles. The number of carbonyl (C=O) groups is 2. The second-order valence-electron chi connectivity index (χ2n) is 4.70. The van der Waals surface area contributed by atoms with Crippen molar-refractivity contribution >= 4 is 11.9 Å². The molecule has 5 nitrogen and oxygen atoms in total. The Hall–Kier alpha value is -1.78. The number of carbonyl (C=O) groups excluding carboxylic acids is 1. The molecule has 5 heteroatoms. The summed E-state index contributed by atoms with van der Waals surface area (Å²) in [5.74, 6) is -0.659. The lowest BCUT2D eigenvalue weighted by Gasteiger charge is -2.21. The summed E-state index contributed by atoms with van der Waals surface area (Å²) in [6, 6.07) is 3.56. The summed E-state index contributed by atoms with van der Waals surface area (Å²) in [5.41, 5.74) is 0.569. The van der Waals surface area contributed by atoms with Crippen LogP contribution < -0.4 is 0 Å². The Morgan fingerprint density at radius 2 is 2.22 bits per heavy atom. The molecule has 2 rings (SSSR count). The van der Waals surface area contributed by atoms with Gasteiger partial charge in [0.25, 0.3) is 5.91 Å². The normalized spacial score (nSPS) is 14.5. The van der Waals surface area contributed by atoms with E-state index in [4.69, 9.17) is 5.11 Å². The lowest BCUT2D eigenvalue weighted by atomic mass is 10.3. The third-order valence-electron chi connectivity index (χ3n) is 3.18. The molecule has 1 aromatic rings. The summed E-state index contributed by atoms with van der Waals surface area (Å²) in [4.78, 5) is 24.6. The van der Waals surface area contributed by atoms with Crippen LogP contribution in [0.5, 0.6) is 0 Å². The maximum absolute atomic E-state index is 12.3. The van der Waals surface area contributed by atoms with E-state index in [0.29, 0.717) is 24.7 Å². The van der Waals surface area contributed by atoms with E-state index in [1.165, 1.54) is 4.90 Å². The predicted octanol–water partition coefficient (Wildman–Crippen LogP) is 1.44. The minimum Gasteiger partial charge on any atom is -0.480 e. The minimum atomic E-state index is -0.960. The number of nitrogens with zero attached hydrogens (tertiary/aromatic N) is 2. The standard InChI is InChI=1S/C13H18N2O3/c1-2-14-7-3-4-11(14)13(18)15(9-12(16)17)8-10-5-6-10/h3-4,7,10H,2,5-6,8-9H2,1H3,(H,16,17). The molecule has 18 heavy (non-hydrogen) atoms. The van der Waals surface area contributed by atoms with Gasteiger partial charge in [0.1, 0.15) is 12.2 Å². The highest BCUT2D eigenvalue weighted by molar-refractivity contribution is 5.94. The molecular weight excluding hydrogens is 232 g/mol. The molecule has 1 aromatic heterocycles. The Morgan fingerprint density at radius 3 is 2.78 bits per heavy atom. The minimum absolute atomic E-state index is 0.184. The predicted molar refractivity (Wildman–Crippen MR) is 66.4 cm³/mol. The van der Waals surface area contributed by atoms with Crippen molar-refractivity contribution in [3.63, 3.8) is 0 Å². The monoisotopic (exact) mass is 250 g/mol. The van der Waals surface area contributed by atoms with E-state index < -0.39 is 5.97 Å². The zero-order chi connectivity index (χ0) is 13.1. The van der Waals surface area contributed by atoms with Crippen molar-refractivity contribution in [3.05, 3.63) is 24.0 Å². The molecule has 0 radical (unpaired) electrons. The lowest BCUT2D eigenvalue weighted by molar-refractivity contribution is -0.137. The van der Waals surface area contributed by atoms with Crippen LogP contribution in [0.2, 0.25) is 0 Å². The van der Waals surface area contributed by atoms with Gasteiger partial charge in [0.05, 0.1) is 0 Å². The number of aromatic nitrogens is 1. The van der Waals surface area contributed by atoms with Crippen molar-refractivity contribution in [2.75, 3.05) is 13.1 Å². The Kier molecular flexibility index (Phi) is 3.69. The molecule has 0 aliphatic heterocycles. The smallest absolute Gasteiger partial charge is 0.323 e. The van der Waals surface area contributed by atoms with Crippen molar-refractivity contribution < 1.29 is 14.7 Å². The molecule has 0 bridgehead atoms. The second kappa shape index (κ2) is 5.25. The van der Waals surface area contributed by atoms with Gasteiger partial charge in [-0.3, -0.25) is 9.59 Å². The van der Waals surface area contributed by atoms with E-state index in [0.717, 1.165) is 12.8 Å². The fourth-order valence-corrected chi connectivity index (χ4v) is 2.04. The molecule has 1 aliphatic carbocycles. The summed E-state index contributed by atoms with van der Waals surface area (Å²) in [6.45, 7) is 3.00. The van der Waals surface area contributed by atoms with Gasteiger partial charge in [-0.25, -0.2) is 0 Å². The fraction of sp³-hybridized carbons (Fsp3) is 0.538. The SMILES string of the molecule is CCn1cccc1C(=O)N(CC(=O)O)CC1CC1. The first-order valence-electron chi connectivity index (χ1n) is 6.28. The molecule has 0 spiro atoms. The highest BCUT2D eigenvalue weighted by Gasteiger charge is 2.29. The summed E-state index contributed by atoms with van der Waals surface area (Å²) >= 11 is 0. The topological polar surface area (TPSA) is 62.5 Å². The summed E-state index contributed by atoms with van der Waals surface area (Å²) in [6.07, 6.45) is 4.03. The Labute approximate surface area is 106 Å². The van der Waals surface area contributed by atoms with Gasteiger partial charge in [0, 0.05) is 19.3 Å². The van der Waals surface area contributed by atoms with E-state index >= 15 is 0 Å². The second-order valence-corrected chi connectivity index (χ2v) is 4.70. The van der Waals surface area contributed by atoms with Crippen molar-refractivity contribution in [2.24, 2.45) is 5.92 Å². The molecule has 0 aromatic carbocycles. The molecule has 1 fully saturated rings. The third-order valence-corrected chi connectivity index (χ3v) is 3.18. The van der Waals surface area contributed by atoms with E-state index in [1.54, 1.807) is 6.07 Å². The van der Waals surface area contributed by atoms with Gasteiger partial charge >= 0.3 is 5.97 Å². The number of hydrogen-bond acceptors (Lipinski definition) is 2. The average Bonchev–Trinajstić information content (AvgIpc) is 3.01. The maximum atomic E-state index is 12.3. The van der Waals surface area contributed by atoms with Crippen molar-refractivity contribution in [2.45, 2.75) is 26.3 Å². The number of aryl methyl sites for hydroxylation is 1. The maximum Gasteiger partial charge on any atom is 0.323 e. The highest BCUT2D eigenvalue weighted by Crippen LogP contribution is 2.30. The molecule has 1 heterocycles. The van der Waals surface area contributed by atoms with Crippen LogP contribution in [0.3, 0.4) is 0 Å². The largest absolute Gasteiger partial charge is 0.480 e. The zero-order valence-electron chi connectivity index (χ0n) is 10.5. The first-order chi connectivity index (χ1) is 8.61. The molecule has 0 atom stereocenters. The van der Waals surface area contributed by atoms with Gasteiger partial charge in [-0.15, -0.1) is 0 Å². The molecular formula is C13H18N2O3. The molecule has 98 valence electrons. The van der Waals surface area contributed by atoms with Crippen LogP contribution in [0.4, 0.5) is 0 Å². The highest BCUT2D eigenvalue weighted by atomic mass is 16.4. The molecule has 1 amide bonds. The van der Waals surface area contributed by atoms with Crippen LogP contribution in [-0.2, 0) is 11.3 Å². The summed E-state index contributed by atoms with van der Waals surface area (Å²) in [7, 11) is 0. The number of hydrogen-bond donors (Lipinski definition) is 1. The van der Waals surface area contributed by atoms with Crippen molar-refractivity contribution in [1.82, 2.24) is 9.47 Å². The zero-order valence-corrected chi connectivity index (χ0v) is 10.5. The summed E-state index contributed by atoms with van der Waals surface area (Å²) in [5, 5.41) is 8.89. The van der Waals surface area contributed by atoms with E-state index in [1.807, 2.05) is 23.8 Å². The first kappa shape index (κ1) is 12.7. The van der Waals surface area contributed by atoms with Crippen LogP contribution in [0.15, 0.2) is 18.3 Å². The van der Waals surface area contributed by atoms with Gasteiger partial charge < -0.3 is 14.6 Å². The number of amides is 1. The molecule has 1 aliphatic rings. The van der Waals surface area contributed by atoms with Crippen LogP contribution >= 0.6 is 0 Å². The number of aliphatic carboxylic acids is 1. The first-order valence-corrected chi connectivity index (χ1v) is 6.28. The van der Waals surface area contributed by atoms with E-state index in [9.17, 15) is 9.59 Å². The van der Waals surface area contributed by atoms with Crippen LogP contribution in [0, 0.1) is 5.92 Å². The van der Waals surface area contributed by atoms with E-state index in [2.05, 4.69) is 0 Å². The molecule has 0 saturated heterocycles. The Bertz CT molecular complexity index is 449. The van der Waals surface area contributed by atoms with Gasteiger partial charge in [0.2, 0.25) is 0 Å². The van der Waals surface area contributed by atoms with Crippen LogP contribution in [-0.4, -0.2) is 39.5 Å². The van der Waals surface area contributed by atoms with Gasteiger partial charge in [-0.2, -0.15) is 0 Å². The Balaban J connectivity index is 2.13. The fourth-order valence-electron chi connectivity index (χ4n) is 2.04. The molecule has 0 unspecified atom stereocenters. The third kappa shape index (κ3) is 2.91. The average molecular weight is 250 g/mol. The van der Waals surface area contributed by atoms with Crippen LogP contribution in [0.1, 0.15) is 30.3 Å². The van der Waals surface area contributed by atoms with Gasteiger partial charge in [0.15, 0.2) is 0 Å². The number of rotatable bonds is 6. The lowest BCUT2D eigenvalue weighted by Crippen LogP contribution is -2.38. The van der Waals surface area contributed by atoms with Crippen LogP contribution in [0.25, 0.3) is 0 Å². The molecule has 1 N–H and O–H groups in total. The summed E-state index contributed by atoms with van der Waals surface area (Å²) < 4.78 is 1.84. The van der Waals surface area contributed by atoms with Crippen molar-refractivity contribution in [1.29, 1.82) is 0 Å². The van der Waals surface area contributed by atoms with Crippen molar-refractivity contribution in [3.8, 4) is 0 Å². The quantitative estimate of drug-likeness (QED) is 0.831. The van der Waals surface area contributed by atoms with E-state index in [-0.39, 0.29) is 12.5 Å². The van der Waals surface area contributed by atoms with Gasteiger partial charge in [-0.1, -0.05) is 0 Å².